The summed E-state index contributed by atoms with van der Waals surface area (Å²) in [4.78, 5) is 22.2. The highest BCUT2D eigenvalue weighted by molar-refractivity contribution is 5.80. The standard InChI is InChI=1S/C16H25F2N5O2/c1-3-19-16(21-11-13-20-7-10-23(13)15(17)18)22-8-5-12(6-9-22)14(24)25-4-2/h7,10,12,15H,3-6,8-9,11H2,1-2H3,(H,19,21). The number of hydrogen-bond donors (Lipinski definition) is 1. The number of carbonyl (C=O) groups is 1. The van der Waals surface area contributed by atoms with Gasteiger partial charge in [-0.05, 0) is 26.7 Å². The van der Waals surface area contributed by atoms with Gasteiger partial charge in [0.25, 0.3) is 0 Å². The van der Waals surface area contributed by atoms with Crippen molar-refractivity contribution < 1.29 is 18.3 Å². The molecule has 0 spiro atoms. The Balaban J connectivity index is 1.98. The fourth-order valence-electron chi connectivity index (χ4n) is 2.80. The van der Waals surface area contributed by atoms with Gasteiger partial charge in [-0.15, -0.1) is 0 Å². The molecule has 0 saturated carbocycles. The molecule has 1 saturated heterocycles. The second-order valence-corrected chi connectivity index (χ2v) is 5.71. The molecule has 1 aliphatic rings. The Labute approximate surface area is 146 Å². The number of guanidine groups is 1. The molecule has 1 fully saturated rings. The van der Waals surface area contributed by atoms with Crippen molar-refractivity contribution >= 4 is 11.9 Å². The third kappa shape index (κ3) is 5.14. The number of nitrogens with zero attached hydrogens (tertiary/aromatic N) is 4. The molecule has 0 radical (unpaired) electrons. The van der Waals surface area contributed by atoms with Crippen molar-refractivity contribution in [3.8, 4) is 0 Å². The van der Waals surface area contributed by atoms with Crippen molar-refractivity contribution in [2.45, 2.75) is 39.8 Å². The first-order valence-corrected chi connectivity index (χ1v) is 8.56. The van der Waals surface area contributed by atoms with Crippen LogP contribution in [0.5, 0.6) is 0 Å². The molecule has 2 heterocycles. The van der Waals surface area contributed by atoms with Crippen LogP contribution in [0.3, 0.4) is 0 Å². The molecular weight excluding hydrogens is 332 g/mol. The molecule has 0 bridgehead atoms. The molecule has 9 heteroatoms. The molecule has 1 N–H and O–H groups in total. The van der Waals surface area contributed by atoms with E-state index in [4.69, 9.17) is 4.74 Å². The van der Waals surface area contributed by atoms with Gasteiger partial charge in [0.1, 0.15) is 12.4 Å². The molecule has 1 aliphatic heterocycles. The fraction of sp³-hybridized carbons (Fsp3) is 0.688. The Morgan fingerprint density at radius 1 is 1.44 bits per heavy atom. The van der Waals surface area contributed by atoms with Gasteiger partial charge in [-0.25, -0.2) is 9.98 Å². The summed E-state index contributed by atoms with van der Waals surface area (Å²) in [7, 11) is 0. The van der Waals surface area contributed by atoms with E-state index >= 15 is 0 Å². The van der Waals surface area contributed by atoms with E-state index in [1.54, 1.807) is 6.92 Å². The Hall–Kier alpha value is -2.19. The van der Waals surface area contributed by atoms with Gasteiger partial charge in [0, 0.05) is 32.0 Å². The zero-order valence-electron chi connectivity index (χ0n) is 14.6. The lowest BCUT2D eigenvalue weighted by Crippen LogP contribution is -2.46. The van der Waals surface area contributed by atoms with Crippen LogP contribution in [0.15, 0.2) is 17.4 Å². The first kappa shape index (κ1) is 19.1. The van der Waals surface area contributed by atoms with Gasteiger partial charge >= 0.3 is 12.5 Å². The molecule has 140 valence electrons. The Morgan fingerprint density at radius 2 is 2.16 bits per heavy atom. The molecule has 1 aromatic rings. The van der Waals surface area contributed by atoms with E-state index in [9.17, 15) is 13.6 Å². The van der Waals surface area contributed by atoms with Crippen LogP contribution in [0.1, 0.15) is 39.1 Å². The highest BCUT2D eigenvalue weighted by Crippen LogP contribution is 2.19. The topological polar surface area (TPSA) is 71.8 Å². The third-order valence-corrected chi connectivity index (χ3v) is 4.08. The number of aromatic nitrogens is 2. The van der Waals surface area contributed by atoms with Gasteiger partial charge in [0.2, 0.25) is 0 Å². The Kier molecular flexibility index (Phi) is 7.15. The van der Waals surface area contributed by atoms with Crippen molar-refractivity contribution in [1.29, 1.82) is 0 Å². The van der Waals surface area contributed by atoms with Crippen molar-refractivity contribution in [3.63, 3.8) is 0 Å². The molecule has 25 heavy (non-hydrogen) atoms. The minimum absolute atomic E-state index is 0.0669. The maximum absolute atomic E-state index is 12.9. The average molecular weight is 357 g/mol. The normalized spacial score (nSPS) is 16.4. The van der Waals surface area contributed by atoms with E-state index < -0.39 is 6.55 Å². The average Bonchev–Trinajstić information content (AvgIpc) is 3.08. The predicted octanol–water partition coefficient (Wildman–Crippen LogP) is 2.02. The smallest absolute Gasteiger partial charge is 0.319 e. The van der Waals surface area contributed by atoms with Gasteiger partial charge in [-0.1, -0.05) is 0 Å². The van der Waals surface area contributed by atoms with E-state index in [0.717, 1.165) is 4.57 Å². The number of nitrogens with one attached hydrogen (secondary N) is 1. The number of ether oxygens (including phenoxy) is 1. The minimum Gasteiger partial charge on any atom is -0.466 e. The van der Waals surface area contributed by atoms with E-state index in [1.807, 2.05) is 11.8 Å². The SMILES string of the molecule is CCNC(=NCc1nccn1C(F)F)N1CCC(C(=O)OCC)CC1. The van der Waals surface area contributed by atoms with E-state index in [2.05, 4.69) is 15.3 Å². The summed E-state index contributed by atoms with van der Waals surface area (Å²) in [6.45, 7) is 3.57. The van der Waals surface area contributed by atoms with Crippen molar-refractivity contribution in [3.05, 3.63) is 18.2 Å². The second kappa shape index (κ2) is 9.33. The van der Waals surface area contributed by atoms with Crippen LogP contribution in [0.4, 0.5) is 8.78 Å². The molecule has 7 nitrogen and oxygen atoms in total. The number of piperidine rings is 1. The molecular formula is C16H25F2N5O2. The van der Waals surface area contributed by atoms with Crippen molar-refractivity contribution in [2.24, 2.45) is 10.9 Å². The zero-order valence-corrected chi connectivity index (χ0v) is 14.6. The summed E-state index contributed by atoms with van der Waals surface area (Å²) in [5, 5.41) is 3.17. The van der Waals surface area contributed by atoms with E-state index in [1.165, 1.54) is 12.4 Å². The monoisotopic (exact) mass is 357 g/mol. The largest absolute Gasteiger partial charge is 0.466 e. The zero-order chi connectivity index (χ0) is 18.2. The quantitative estimate of drug-likeness (QED) is 0.479. The maximum atomic E-state index is 12.9. The van der Waals surface area contributed by atoms with Crippen LogP contribution in [0.2, 0.25) is 0 Å². The number of aliphatic imine (C=N–C) groups is 1. The summed E-state index contributed by atoms with van der Waals surface area (Å²) in [6.07, 6.45) is 3.96. The molecule has 0 aromatic carbocycles. The Bertz CT molecular complexity index is 583. The van der Waals surface area contributed by atoms with Gasteiger partial charge in [-0.3, -0.25) is 9.36 Å². The number of hydrogen-bond acceptors (Lipinski definition) is 4. The summed E-state index contributed by atoms with van der Waals surface area (Å²) in [5.74, 6) is 0.625. The Morgan fingerprint density at radius 3 is 2.76 bits per heavy atom. The first-order valence-electron chi connectivity index (χ1n) is 8.56. The van der Waals surface area contributed by atoms with Crippen LogP contribution in [0.25, 0.3) is 0 Å². The number of rotatable bonds is 6. The second-order valence-electron chi connectivity index (χ2n) is 5.71. The van der Waals surface area contributed by atoms with Gasteiger partial charge in [0.05, 0.1) is 12.5 Å². The van der Waals surface area contributed by atoms with Crippen LogP contribution < -0.4 is 5.32 Å². The number of imidazole rings is 1. The highest BCUT2D eigenvalue weighted by atomic mass is 19.3. The number of halogens is 2. The summed E-state index contributed by atoms with van der Waals surface area (Å²) in [5.41, 5.74) is 0. The number of likely N-dealkylation sites (tertiary alicyclic amines) is 1. The first-order chi connectivity index (χ1) is 12.1. The van der Waals surface area contributed by atoms with Crippen molar-refractivity contribution in [2.75, 3.05) is 26.2 Å². The van der Waals surface area contributed by atoms with Crippen LogP contribution in [-0.4, -0.2) is 52.6 Å². The predicted molar refractivity (Wildman–Crippen MR) is 89.2 cm³/mol. The number of carbonyl (C=O) groups excluding carboxylic acids is 1. The van der Waals surface area contributed by atoms with Crippen LogP contribution >= 0.6 is 0 Å². The van der Waals surface area contributed by atoms with E-state index in [0.29, 0.717) is 45.0 Å². The van der Waals surface area contributed by atoms with E-state index in [-0.39, 0.29) is 24.3 Å². The lowest BCUT2D eigenvalue weighted by Gasteiger charge is -2.33. The summed E-state index contributed by atoms with van der Waals surface area (Å²) < 4.78 is 31.6. The van der Waals surface area contributed by atoms with Gasteiger partial charge in [-0.2, -0.15) is 8.78 Å². The lowest BCUT2D eigenvalue weighted by molar-refractivity contribution is -0.149. The maximum Gasteiger partial charge on any atom is 0.319 e. The van der Waals surface area contributed by atoms with Crippen LogP contribution in [0, 0.1) is 5.92 Å². The van der Waals surface area contributed by atoms with Crippen LogP contribution in [-0.2, 0) is 16.1 Å². The summed E-state index contributed by atoms with van der Waals surface area (Å²) in [6, 6.07) is 0. The van der Waals surface area contributed by atoms with Gasteiger partial charge < -0.3 is 15.0 Å². The lowest BCUT2D eigenvalue weighted by atomic mass is 9.97. The molecule has 2 rings (SSSR count). The minimum atomic E-state index is -2.63. The number of alkyl halides is 2. The number of esters is 1. The third-order valence-electron chi connectivity index (χ3n) is 4.08. The fourth-order valence-corrected chi connectivity index (χ4v) is 2.80. The molecule has 0 unspecified atom stereocenters. The highest BCUT2D eigenvalue weighted by Gasteiger charge is 2.27. The molecule has 0 amide bonds. The molecule has 1 aromatic heterocycles. The molecule has 0 aliphatic carbocycles. The van der Waals surface area contributed by atoms with Gasteiger partial charge in [0.15, 0.2) is 5.96 Å². The molecule has 0 atom stereocenters. The van der Waals surface area contributed by atoms with Crippen molar-refractivity contribution in [1.82, 2.24) is 19.8 Å². The summed E-state index contributed by atoms with van der Waals surface area (Å²) >= 11 is 0.